The Hall–Kier alpha value is -0.840. The molecule has 0 aliphatic carbocycles. The van der Waals surface area contributed by atoms with Gasteiger partial charge in [0.2, 0.25) is 0 Å². The molecule has 2 atom stereocenters. The van der Waals surface area contributed by atoms with E-state index < -0.39 is 18.3 Å². The Morgan fingerprint density at radius 1 is 1.73 bits per heavy atom. The lowest BCUT2D eigenvalue weighted by Crippen LogP contribution is -2.32. The van der Waals surface area contributed by atoms with Gasteiger partial charge >= 0.3 is 6.09 Å². The van der Waals surface area contributed by atoms with Crippen LogP contribution < -0.4 is 5.73 Å². The highest BCUT2D eigenvalue weighted by molar-refractivity contribution is 5.68. The Labute approximate surface area is 64.1 Å². The van der Waals surface area contributed by atoms with E-state index in [2.05, 4.69) is 4.74 Å². The molecule has 0 aromatic heterocycles. The van der Waals surface area contributed by atoms with Gasteiger partial charge in [0.05, 0.1) is 19.7 Å². The standard InChI is InChI=1S/C6H11FN2O2/c1-11-6(10)9-2-4(7)5(8)3-9/h4-5H,2-3,8H2,1H3. The molecule has 2 N–H and O–H groups in total. The molecule has 1 amide bonds. The van der Waals surface area contributed by atoms with Crippen LogP contribution in [0.1, 0.15) is 0 Å². The monoisotopic (exact) mass is 162 g/mol. The number of rotatable bonds is 0. The summed E-state index contributed by atoms with van der Waals surface area (Å²) in [5.74, 6) is 0. The van der Waals surface area contributed by atoms with Gasteiger partial charge in [-0.2, -0.15) is 0 Å². The van der Waals surface area contributed by atoms with Crippen LogP contribution in [-0.4, -0.2) is 43.4 Å². The summed E-state index contributed by atoms with van der Waals surface area (Å²) in [6.07, 6.45) is -1.63. The van der Waals surface area contributed by atoms with Gasteiger partial charge in [0.25, 0.3) is 0 Å². The molecule has 0 saturated carbocycles. The number of carbonyl (C=O) groups is 1. The van der Waals surface area contributed by atoms with Crippen LogP contribution in [0.15, 0.2) is 0 Å². The number of halogens is 1. The van der Waals surface area contributed by atoms with E-state index in [1.807, 2.05) is 0 Å². The highest BCUT2D eigenvalue weighted by Crippen LogP contribution is 2.11. The molecular weight excluding hydrogens is 151 g/mol. The van der Waals surface area contributed by atoms with Gasteiger partial charge in [-0.3, -0.25) is 0 Å². The van der Waals surface area contributed by atoms with Gasteiger partial charge in [-0.15, -0.1) is 0 Å². The van der Waals surface area contributed by atoms with Crippen LogP contribution in [0.4, 0.5) is 9.18 Å². The Morgan fingerprint density at radius 2 is 2.36 bits per heavy atom. The van der Waals surface area contributed by atoms with Crippen molar-refractivity contribution in [1.29, 1.82) is 0 Å². The number of ether oxygens (including phenoxy) is 1. The summed E-state index contributed by atoms with van der Waals surface area (Å²) in [7, 11) is 1.26. The first-order chi connectivity index (χ1) is 5.15. The Bertz CT molecular complexity index is 155. The number of methoxy groups -OCH3 is 1. The van der Waals surface area contributed by atoms with Crippen LogP contribution in [0.5, 0.6) is 0 Å². The summed E-state index contributed by atoms with van der Waals surface area (Å²) in [6, 6.07) is -0.561. The van der Waals surface area contributed by atoms with Gasteiger partial charge < -0.3 is 15.4 Å². The van der Waals surface area contributed by atoms with Crippen molar-refractivity contribution in [2.24, 2.45) is 5.73 Å². The number of likely N-dealkylation sites (tertiary alicyclic amines) is 1. The number of nitrogens with zero attached hydrogens (tertiary/aromatic N) is 1. The largest absolute Gasteiger partial charge is 0.453 e. The molecule has 11 heavy (non-hydrogen) atoms. The maximum absolute atomic E-state index is 12.7. The third-order valence-corrected chi connectivity index (χ3v) is 1.72. The fourth-order valence-electron chi connectivity index (χ4n) is 1.07. The van der Waals surface area contributed by atoms with Crippen LogP contribution in [-0.2, 0) is 4.74 Å². The maximum atomic E-state index is 12.7. The lowest BCUT2D eigenvalue weighted by atomic mass is 10.3. The van der Waals surface area contributed by atoms with E-state index in [1.54, 1.807) is 0 Å². The molecule has 0 bridgehead atoms. The minimum absolute atomic E-state index is 0.0494. The molecular formula is C6H11FN2O2. The second-order valence-electron chi connectivity index (χ2n) is 2.55. The molecule has 0 aromatic rings. The van der Waals surface area contributed by atoms with Crippen molar-refractivity contribution in [2.45, 2.75) is 12.2 Å². The predicted octanol–water partition coefficient (Wildman–Crippen LogP) is -0.266. The van der Waals surface area contributed by atoms with E-state index in [9.17, 15) is 9.18 Å². The van der Waals surface area contributed by atoms with Crippen LogP contribution in [0, 0.1) is 0 Å². The van der Waals surface area contributed by atoms with Crippen LogP contribution >= 0.6 is 0 Å². The number of carbonyl (C=O) groups excluding carboxylic acids is 1. The zero-order chi connectivity index (χ0) is 8.43. The van der Waals surface area contributed by atoms with E-state index >= 15 is 0 Å². The third-order valence-electron chi connectivity index (χ3n) is 1.72. The first-order valence-corrected chi connectivity index (χ1v) is 3.37. The van der Waals surface area contributed by atoms with Gasteiger partial charge in [0, 0.05) is 6.54 Å². The number of hydrogen-bond acceptors (Lipinski definition) is 3. The molecule has 0 radical (unpaired) electrons. The quantitative estimate of drug-likeness (QED) is 0.533. The SMILES string of the molecule is COC(=O)N1CC(N)C(F)C1. The van der Waals surface area contributed by atoms with E-state index in [1.165, 1.54) is 12.0 Å². The number of alkyl halides is 1. The lowest BCUT2D eigenvalue weighted by Gasteiger charge is -2.12. The summed E-state index contributed by atoms with van der Waals surface area (Å²) >= 11 is 0. The normalized spacial score (nSPS) is 30.6. The smallest absolute Gasteiger partial charge is 0.409 e. The van der Waals surface area contributed by atoms with Crippen LogP contribution in [0.3, 0.4) is 0 Å². The fraction of sp³-hybridized carbons (Fsp3) is 0.833. The van der Waals surface area contributed by atoms with Gasteiger partial charge in [-0.05, 0) is 0 Å². The van der Waals surface area contributed by atoms with Crippen molar-refractivity contribution in [3.8, 4) is 0 Å². The Kier molecular flexibility index (Phi) is 2.28. The molecule has 0 aromatic carbocycles. The van der Waals surface area contributed by atoms with Crippen LogP contribution in [0.2, 0.25) is 0 Å². The fourth-order valence-corrected chi connectivity index (χ4v) is 1.07. The summed E-state index contributed by atoms with van der Waals surface area (Å²) < 4.78 is 17.1. The first-order valence-electron chi connectivity index (χ1n) is 3.37. The number of hydrogen-bond donors (Lipinski definition) is 1. The summed E-state index contributed by atoms with van der Waals surface area (Å²) in [5.41, 5.74) is 5.34. The van der Waals surface area contributed by atoms with E-state index in [0.29, 0.717) is 0 Å². The third kappa shape index (κ3) is 1.59. The summed E-state index contributed by atoms with van der Waals surface area (Å²) in [4.78, 5) is 12.0. The molecule has 1 aliphatic heterocycles. The molecule has 1 heterocycles. The lowest BCUT2D eigenvalue weighted by molar-refractivity contribution is 0.130. The minimum Gasteiger partial charge on any atom is -0.453 e. The van der Waals surface area contributed by atoms with Gasteiger partial charge in [-0.1, -0.05) is 0 Å². The maximum Gasteiger partial charge on any atom is 0.409 e. The number of nitrogens with two attached hydrogens (primary N) is 1. The number of amides is 1. The highest BCUT2D eigenvalue weighted by Gasteiger charge is 2.33. The molecule has 1 fully saturated rings. The second-order valence-corrected chi connectivity index (χ2v) is 2.55. The molecule has 5 heteroatoms. The Morgan fingerprint density at radius 3 is 2.73 bits per heavy atom. The summed E-state index contributed by atoms with van der Waals surface area (Å²) in [6.45, 7) is 0.293. The predicted molar refractivity (Wildman–Crippen MR) is 36.8 cm³/mol. The zero-order valence-electron chi connectivity index (χ0n) is 6.29. The highest BCUT2D eigenvalue weighted by atomic mass is 19.1. The average Bonchev–Trinajstić information content (AvgIpc) is 2.31. The van der Waals surface area contributed by atoms with Crippen molar-refractivity contribution in [1.82, 2.24) is 4.90 Å². The molecule has 2 unspecified atom stereocenters. The van der Waals surface area contributed by atoms with E-state index in [-0.39, 0.29) is 13.1 Å². The van der Waals surface area contributed by atoms with Gasteiger partial charge in [0.1, 0.15) is 6.17 Å². The van der Waals surface area contributed by atoms with Crippen LogP contribution in [0.25, 0.3) is 0 Å². The molecule has 0 spiro atoms. The van der Waals surface area contributed by atoms with Gasteiger partial charge in [0.15, 0.2) is 0 Å². The van der Waals surface area contributed by atoms with E-state index in [0.717, 1.165) is 0 Å². The molecule has 1 rings (SSSR count). The topological polar surface area (TPSA) is 55.6 Å². The van der Waals surface area contributed by atoms with E-state index in [4.69, 9.17) is 5.73 Å². The van der Waals surface area contributed by atoms with Crippen molar-refractivity contribution < 1.29 is 13.9 Å². The van der Waals surface area contributed by atoms with Crippen molar-refractivity contribution in [3.05, 3.63) is 0 Å². The molecule has 1 aliphatic rings. The average molecular weight is 162 g/mol. The second kappa shape index (κ2) is 3.04. The molecule has 4 nitrogen and oxygen atoms in total. The first kappa shape index (κ1) is 8.26. The van der Waals surface area contributed by atoms with Gasteiger partial charge in [-0.25, -0.2) is 9.18 Å². The molecule has 64 valence electrons. The molecule has 1 saturated heterocycles. The summed E-state index contributed by atoms with van der Waals surface area (Å²) in [5, 5.41) is 0. The Balaban J connectivity index is 2.46. The van der Waals surface area contributed by atoms with Crippen molar-refractivity contribution in [3.63, 3.8) is 0 Å². The zero-order valence-corrected chi connectivity index (χ0v) is 6.29. The van der Waals surface area contributed by atoms with Crippen molar-refractivity contribution in [2.75, 3.05) is 20.2 Å². The minimum atomic E-state index is -1.12. The van der Waals surface area contributed by atoms with Crippen molar-refractivity contribution >= 4 is 6.09 Å².